The Labute approximate surface area is 184 Å². The Morgan fingerprint density at radius 2 is 1.94 bits per heavy atom. The molecule has 1 amide bonds. The lowest BCUT2D eigenvalue weighted by molar-refractivity contribution is -0.140. The van der Waals surface area contributed by atoms with E-state index in [-0.39, 0.29) is 34.0 Å². The van der Waals surface area contributed by atoms with Crippen molar-refractivity contribution in [2.45, 2.75) is 19.4 Å². The van der Waals surface area contributed by atoms with E-state index >= 15 is 0 Å². The maximum atomic E-state index is 14.7. The molecule has 0 bridgehead atoms. The van der Waals surface area contributed by atoms with Gasteiger partial charge in [-0.25, -0.2) is 4.39 Å². The molecule has 1 N–H and O–H groups in total. The predicted molar refractivity (Wildman–Crippen MR) is 115 cm³/mol. The first-order valence-electron chi connectivity index (χ1n) is 9.68. The number of hydrogen-bond acceptors (Lipinski definition) is 5. The summed E-state index contributed by atoms with van der Waals surface area (Å²) < 4.78 is 25.1. The van der Waals surface area contributed by atoms with Gasteiger partial charge < -0.3 is 19.5 Å². The summed E-state index contributed by atoms with van der Waals surface area (Å²) in [6, 6.07) is 8.00. The molecule has 1 heterocycles. The molecule has 0 saturated carbocycles. The van der Waals surface area contributed by atoms with Gasteiger partial charge in [0.25, 0.3) is 11.7 Å². The SMILES string of the molecule is COCCCN1C(=O)C(=O)/C(=C(/O)c2cc(C)cc(Cl)c2OC)C1c1ccccc1F. The zero-order valence-corrected chi connectivity index (χ0v) is 18.2. The number of carbonyl (C=O) groups excluding carboxylic acids is 2. The van der Waals surface area contributed by atoms with Crippen molar-refractivity contribution in [2.75, 3.05) is 27.4 Å². The van der Waals surface area contributed by atoms with Gasteiger partial charge in [-0.1, -0.05) is 29.8 Å². The molecule has 1 unspecified atom stereocenters. The highest BCUT2D eigenvalue weighted by Gasteiger charge is 2.47. The fourth-order valence-corrected chi connectivity index (χ4v) is 4.12. The molecule has 1 aliphatic rings. The third-order valence-corrected chi connectivity index (χ3v) is 5.42. The van der Waals surface area contributed by atoms with Crippen LogP contribution in [0.5, 0.6) is 5.75 Å². The lowest BCUT2D eigenvalue weighted by Gasteiger charge is -2.25. The fourth-order valence-electron chi connectivity index (χ4n) is 3.77. The van der Waals surface area contributed by atoms with Crippen LogP contribution in [0.3, 0.4) is 0 Å². The molecule has 1 aliphatic heterocycles. The van der Waals surface area contributed by atoms with Crippen LogP contribution in [0.1, 0.15) is 29.2 Å². The number of Topliss-reactive ketones (excluding diaryl/α,β-unsaturated/α-hetero) is 1. The smallest absolute Gasteiger partial charge is 0.295 e. The molecule has 2 aromatic rings. The van der Waals surface area contributed by atoms with E-state index in [9.17, 15) is 19.1 Å². The summed E-state index contributed by atoms with van der Waals surface area (Å²) in [6.07, 6.45) is 0.439. The molecule has 0 spiro atoms. The Kier molecular flexibility index (Phi) is 6.97. The number of ketones is 1. The average molecular weight is 448 g/mol. The second-order valence-electron chi connectivity index (χ2n) is 7.19. The van der Waals surface area contributed by atoms with Crippen molar-refractivity contribution >= 4 is 29.1 Å². The van der Waals surface area contributed by atoms with Crippen molar-refractivity contribution in [1.82, 2.24) is 4.90 Å². The summed E-state index contributed by atoms with van der Waals surface area (Å²) in [6.45, 7) is 2.27. The number of halogens is 2. The summed E-state index contributed by atoms with van der Waals surface area (Å²) >= 11 is 6.25. The number of likely N-dealkylation sites (tertiary alicyclic amines) is 1. The van der Waals surface area contributed by atoms with E-state index in [4.69, 9.17) is 21.1 Å². The minimum atomic E-state index is -1.10. The van der Waals surface area contributed by atoms with Crippen molar-refractivity contribution in [2.24, 2.45) is 0 Å². The van der Waals surface area contributed by atoms with E-state index in [1.165, 1.54) is 37.3 Å². The standard InChI is InChI=1S/C23H23ClFNO5/c1-13-11-15(22(31-3)16(24)12-13)20(27)18-19(14-7-4-5-8-17(14)25)26(9-6-10-30-2)23(29)21(18)28/h4-5,7-8,11-12,19,27H,6,9-10H2,1-3H3/b20-18+. The fraction of sp³-hybridized carbons (Fsp3) is 0.304. The minimum Gasteiger partial charge on any atom is -0.507 e. The van der Waals surface area contributed by atoms with Gasteiger partial charge in [0.15, 0.2) is 0 Å². The Morgan fingerprint density at radius 1 is 1.23 bits per heavy atom. The number of ether oxygens (including phenoxy) is 2. The van der Waals surface area contributed by atoms with Crippen molar-refractivity contribution in [3.8, 4) is 5.75 Å². The Balaban J connectivity index is 2.24. The molecule has 164 valence electrons. The van der Waals surface area contributed by atoms with Crippen LogP contribution >= 0.6 is 11.6 Å². The average Bonchev–Trinajstić information content (AvgIpc) is 2.98. The Hall–Kier alpha value is -2.90. The van der Waals surface area contributed by atoms with Gasteiger partial charge in [-0.05, 0) is 37.1 Å². The highest BCUT2D eigenvalue weighted by atomic mass is 35.5. The maximum absolute atomic E-state index is 14.7. The van der Waals surface area contributed by atoms with Crippen LogP contribution in [0.4, 0.5) is 4.39 Å². The van der Waals surface area contributed by atoms with Crippen molar-refractivity contribution in [3.05, 3.63) is 69.5 Å². The molecule has 1 fully saturated rings. The van der Waals surface area contributed by atoms with E-state index in [0.29, 0.717) is 18.6 Å². The van der Waals surface area contributed by atoms with E-state index in [2.05, 4.69) is 0 Å². The van der Waals surface area contributed by atoms with E-state index < -0.39 is 29.3 Å². The summed E-state index contributed by atoms with van der Waals surface area (Å²) in [5, 5.41) is 11.4. The second kappa shape index (κ2) is 9.49. The maximum Gasteiger partial charge on any atom is 0.295 e. The molecule has 3 rings (SSSR count). The van der Waals surface area contributed by atoms with Crippen LogP contribution < -0.4 is 4.74 Å². The first kappa shape index (κ1) is 22.8. The first-order valence-corrected chi connectivity index (χ1v) is 10.1. The highest BCUT2D eigenvalue weighted by molar-refractivity contribution is 6.46. The largest absolute Gasteiger partial charge is 0.507 e. The second-order valence-corrected chi connectivity index (χ2v) is 7.60. The number of carbonyl (C=O) groups is 2. The number of benzene rings is 2. The van der Waals surface area contributed by atoms with E-state index in [1.807, 2.05) is 0 Å². The van der Waals surface area contributed by atoms with Gasteiger partial charge in [0.2, 0.25) is 0 Å². The highest BCUT2D eigenvalue weighted by Crippen LogP contribution is 2.43. The zero-order chi connectivity index (χ0) is 22.7. The van der Waals surface area contributed by atoms with Crippen LogP contribution in [-0.2, 0) is 14.3 Å². The van der Waals surface area contributed by atoms with Crippen LogP contribution in [0.2, 0.25) is 5.02 Å². The molecule has 0 radical (unpaired) electrons. The molecule has 8 heteroatoms. The minimum absolute atomic E-state index is 0.110. The topological polar surface area (TPSA) is 76.1 Å². The number of aliphatic hydroxyl groups is 1. The molecule has 1 saturated heterocycles. The summed E-state index contributed by atoms with van der Waals surface area (Å²) in [7, 11) is 2.90. The third-order valence-electron chi connectivity index (χ3n) is 5.13. The quantitative estimate of drug-likeness (QED) is 0.297. The summed E-state index contributed by atoms with van der Waals surface area (Å²) in [4.78, 5) is 27.1. The number of aryl methyl sites for hydroxylation is 1. The molecule has 2 aromatic carbocycles. The van der Waals surface area contributed by atoms with Crippen LogP contribution in [0, 0.1) is 12.7 Å². The Morgan fingerprint density at radius 3 is 2.58 bits per heavy atom. The molecule has 1 atom stereocenters. The van der Waals surface area contributed by atoms with Gasteiger partial charge in [-0.3, -0.25) is 9.59 Å². The molecule has 0 aliphatic carbocycles. The lowest BCUT2D eigenvalue weighted by atomic mass is 9.94. The molecule has 31 heavy (non-hydrogen) atoms. The van der Waals surface area contributed by atoms with Gasteiger partial charge in [-0.15, -0.1) is 0 Å². The van der Waals surface area contributed by atoms with Gasteiger partial charge in [0.1, 0.15) is 17.3 Å². The number of aliphatic hydroxyl groups excluding tert-OH is 1. The van der Waals surface area contributed by atoms with Crippen LogP contribution in [0.15, 0.2) is 42.0 Å². The van der Waals surface area contributed by atoms with Crippen molar-refractivity contribution in [3.63, 3.8) is 0 Å². The predicted octanol–water partition coefficient (Wildman–Crippen LogP) is 4.25. The van der Waals surface area contributed by atoms with Gasteiger partial charge in [0, 0.05) is 25.8 Å². The van der Waals surface area contributed by atoms with Gasteiger partial charge >= 0.3 is 0 Å². The summed E-state index contributed by atoms with van der Waals surface area (Å²) in [5.74, 6) is -2.62. The number of amides is 1. The summed E-state index contributed by atoms with van der Waals surface area (Å²) in [5.41, 5.74) is 0.763. The Bertz CT molecular complexity index is 1050. The van der Waals surface area contributed by atoms with Gasteiger partial charge in [0.05, 0.1) is 29.3 Å². The van der Waals surface area contributed by atoms with E-state index in [0.717, 1.165) is 0 Å². The van der Waals surface area contributed by atoms with Gasteiger partial charge in [-0.2, -0.15) is 0 Å². The lowest BCUT2D eigenvalue weighted by Crippen LogP contribution is -2.31. The third kappa shape index (κ3) is 4.29. The van der Waals surface area contributed by atoms with Crippen LogP contribution in [-0.4, -0.2) is 49.1 Å². The molecular formula is C23H23ClFNO5. The molecule has 6 nitrogen and oxygen atoms in total. The number of hydrogen-bond donors (Lipinski definition) is 1. The van der Waals surface area contributed by atoms with Crippen molar-refractivity contribution in [1.29, 1.82) is 0 Å². The molecule has 0 aromatic heterocycles. The normalized spacial score (nSPS) is 18.0. The monoisotopic (exact) mass is 447 g/mol. The number of nitrogens with zero attached hydrogens (tertiary/aromatic N) is 1. The number of rotatable bonds is 7. The van der Waals surface area contributed by atoms with Crippen molar-refractivity contribution < 1.29 is 28.6 Å². The van der Waals surface area contributed by atoms with E-state index in [1.54, 1.807) is 25.1 Å². The first-order chi connectivity index (χ1) is 14.8. The zero-order valence-electron chi connectivity index (χ0n) is 17.4. The molecular weight excluding hydrogens is 425 g/mol. The number of methoxy groups -OCH3 is 2. The van der Waals surface area contributed by atoms with Crippen LogP contribution in [0.25, 0.3) is 5.76 Å².